The van der Waals surface area contributed by atoms with E-state index >= 15 is 0 Å². The fourth-order valence-electron chi connectivity index (χ4n) is 9.08. The van der Waals surface area contributed by atoms with E-state index in [0.29, 0.717) is 0 Å². The molecule has 9 aromatic rings. The number of hydrogen-bond donors (Lipinski definition) is 0. The van der Waals surface area contributed by atoms with Gasteiger partial charge in [0.1, 0.15) is 0 Å². The average Bonchev–Trinajstić information content (AvgIpc) is 3.59. The van der Waals surface area contributed by atoms with Crippen LogP contribution in [-0.2, 0) is 21.1 Å². The number of fused-ring (bicyclic) bond motifs is 4. The van der Waals surface area contributed by atoms with Crippen molar-refractivity contribution in [3.8, 4) is 28.3 Å². The third-order valence-corrected chi connectivity index (χ3v) is 11.4. The molecule has 7 aromatic carbocycles. The van der Waals surface area contributed by atoms with Crippen LogP contribution in [0.1, 0.15) is 27.8 Å². The summed E-state index contributed by atoms with van der Waals surface area (Å²) in [5.41, 5.74) is 19.0. The Bertz CT molecular complexity index is 2970. The minimum Gasteiger partial charge on any atom is -0.352 e. The van der Waals surface area contributed by atoms with Gasteiger partial charge >= 0.3 is 21.1 Å². The van der Waals surface area contributed by atoms with Crippen molar-refractivity contribution < 1.29 is 21.1 Å². The number of imidazole rings is 1. The molecular formula is C51H39BN4Pt. The van der Waals surface area contributed by atoms with Crippen molar-refractivity contribution in [1.82, 2.24) is 14.5 Å². The summed E-state index contributed by atoms with van der Waals surface area (Å²) in [5.74, 6) is 0.871. The molecule has 3 heterocycles. The van der Waals surface area contributed by atoms with Crippen LogP contribution in [0.4, 0.5) is 17.1 Å². The molecule has 0 unspecified atom stereocenters. The topological polar surface area (TPSA) is 34.0 Å². The second-order valence-electron chi connectivity index (χ2n) is 15.1. The van der Waals surface area contributed by atoms with Gasteiger partial charge in [-0.2, -0.15) is 5.46 Å². The zero-order valence-corrected chi connectivity index (χ0v) is 34.8. The van der Waals surface area contributed by atoms with E-state index < -0.39 is 0 Å². The summed E-state index contributed by atoms with van der Waals surface area (Å²) in [7, 11) is 0. The number of pyridine rings is 1. The first kappa shape index (κ1) is 36.6. The van der Waals surface area contributed by atoms with Crippen LogP contribution in [0.5, 0.6) is 0 Å². The van der Waals surface area contributed by atoms with Crippen LogP contribution in [0, 0.1) is 46.8 Å². The predicted molar refractivity (Wildman–Crippen MR) is 234 cm³/mol. The number of benzene rings is 7. The van der Waals surface area contributed by atoms with Crippen molar-refractivity contribution in [2.75, 3.05) is 4.90 Å². The standard InChI is InChI=1S/C51H39BN4.Pt/c1-32-28-35(4)50(36(5)29-32)55-45-22-10-8-20-42(45)52(40-18-13-17-38(30-40)48-41-19-7-6-16-37(41)26-27-53-48)43-31-39(24-25-46(43)55)51-54-44-21-9-11-23-47(44)56(51)49-33(2)14-12-15-34(49)3;/h6-29H,1-5H3;/q-2;+2. The molecule has 0 spiro atoms. The summed E-state index contributed by atoms with van der Waals surface area (Å²) in [4.78, 5) is 12.7. The maximum atomic E-state index is 5.33. The monoisotopic (exact) mass is 913 g/mol. The van der Waals surface area contributed by atoms with Crippen molar-refractivity contribution in [1.29, 1.82) is 0 Å². The number of hydrogen-bond acceptors (Lipinski definition) is 3. The Kier molecular flexibility index (Phi) is 9.30. The molecule has 0 amide bonds. The van der Waals surface area contributed by atoms with Crippen LogP contribution in [0.25, 0.3) is 50.1 Å². The Morgan fingerprint density at radius 1 is 0.579 bits per heavy atom. The average molecular weight is 914 g/mol. The van der Waals surface area contributed by atoms with Gasteiger partial charge in [-0.05, 0) is 109 Å². The first-order chi connectivity index (χ1) is 27.4. The van der Waals surface area contributed by atoms with E-state index in [1.54, 1.807) is 0 Å². The van der Waals surface area contributed by atoms with Crippen LogP contribution < -0.4 is 21.3 Å². The molecule has 0 N–H and O–H groups in total. The molecule has 57 heavy (non-hydrogen) atoms. The third-order valence-electron chi connectivity index (χ3n) is 11.4. The van der Waals surface area contributed by atoms with Gasteiger partial charge in [-0.3, -0.25) is 4.98 Å². The molecule has 6 heteroatoms. The van der Waals surface area contributed by atoms with Gasteiger partial charge in [-0.25, -0.2) is 0 Å². The van der Waals surface area contributed by atoms with E-state index in [4.69, 9.17) is 9.97 Å². The molecule has 0 radical (unpaired) electrons. The molecule has 1 aliphatic heterocycles. The number of nitrogens with zero attached hydrogens (tertiary/aromatic N) is 4. The van der Waals surface area contributed by atoms with Gasteiger partial charge in [0.25, 0.3) is 0 Å². The van der Waals surface area contributed by atoms with Crippen LogP contribution >= 0.6 is 0 Å². The second-order valence-corrected chi connectivity index (χ2v) is 15.1. The van der Waals surface area contributed by atoms with E-state index in [1.807, 2.05) is 6.20 Å². The zero-order chi connectivity index (χ0) is 38.1. The molecule has 1 aliphatic rings. The van der Waals surface area contributed by atoms with Crippen LogP contribution in [-0.4, -0.2) is 21.2 Å². The summed E-state index contributed by atoms with van der Waals surface area (Å²) in [6.45, 7) is 10.8. The summed E-state index contributed by atoms with van der Waals surface area (Å²) in [6.07, 6.45) is 1.90. The number of rotatable bonds is 5. The Balaban J connectivity index is 0.00000422. The van der Waals surface area contributed by atoms with Gasteiger partial charge in [-0.1, -0.05) is 90.5 Å². The van der Waals surface area contributed by atoms with Gasteiger partial charge in [0.05, 0.1) is 16.9 Å². The molecule has 0 atom stereocenters. The Hall–Kier alpha value is -6.03. The van der Waals surface area contributed by atoms with Gasteiger partial charge in [-0.15, -0.1) is 59.1 Å². The summed E-state index contributed by atoms with van der Waals surface area (Å²) in [6, 6.07) is 57.8. The molecule has 0 saturated carbocycles. The number of anilines is 3. The van der Waals surface area contributed by atoms with Crippen molar-refractivity contribution >= 4 is 62.0 Å². The minimum absolute atomic E-state index is 0. The molecule has 0 fully saturated rings. The molecule has 276 valence electrons. The fraction of sp³-hybridized carbons (Fsp3) is 0.0980. The first-order valence-corrected chi connectivity index (χ1v) is 19.3. The zero-order valence-electron chi connectivity index (χ0n) is 32.5. The first-order valence-electron chi connectivity index (χ1n) is 19.3. The van der Waals surface area contributed by atoms with E-state index in [1.165, 1.54) is 39.0 Å². The predicted octanol–water partition coefficient (Wildman–Crippen LogP) is 10.3. The van der Waals surface area contributed by atoms with E-state index in [9.17, 15) is 0 Å². The maximum Gasteiger partial charge on any atom is 2.00 e. The van der Waals surface area contributed by atoms with Crippen molar-refractivity contribution in [3.63, 3.8) is 0 Å². The van der Waals surface area contributed by atoms with E-state index in [2.05, 4.69) is 196 Å². The van der Waals surface area contributed by atoms with Crippen molar-refractivity contribution in [2.45, 2.75) is 34.6 Å². The van der Waals surface area contributed by atoms with Gasteiger partial charge in [0.15, 0.2) is 0 Å². The van der Waals surface area contributed by atoms with Crippen LogP contribution in [0.2, 0.25) is 0 Å². The Morgan fingerprint density at radius 2 is 1.30 bits per heavy atom. The fourth-order valence-corrected chi connectivity index (χ4v) is 9.08. The van der Waals surface area contributed by atoms with Crippen LogP contribution in [0.3, 0.4) is 0 Å². The molecule has 2 aromatic heterocycles. The van der Waals surface area contributed by atoms with E-state index in [-0.39, 0.29) is 27.8 Å². The van der Waals surface area contributed by atoms with Gasteiger partial charge in [0, 0.05) is 23.3 Å². The normalized spacial score (nSPS) is 12.1. The largest absolute Gasteiger partial charge is 2.00 e. The molecule has 0 aliphatic carbocycles. The SMILES string of the molecule is Cc1cc(C)c(N2c3ccc(-c4nc5ccccc5n4-c4c(C)cccc4C)[c-]c3B(c3[c-]c(-c4nccc5ccccc45)ccc3)c3ccccc32)c(C)c1.[Pt+2]. The third kappa shape index (κ3) is 6.04. The number of aryl methyl sites for hydroxylation is 5. The maximum absolute atomic E-state index is 5.33. The molecular weight excluding hydrogens is 874 g/mol. The summed E-state index contributed by atoms with van der Waals surface area (Å²) >= 11 is 0. The quantitative estimate of drug-likeness (QED) is 0.127. The number of para-hydroxylation sites is 4. The van der Waals surface area contributed by atoms with Gasteiger partial charge < -0.3 is 14.5 Å². The smallest absolute Gasteiger partial charge is 0.352 e. The summed E-state index contributed by atoms with van der Waals surface area (Å²) in [5, 5.41) is 2.28. The van der Waals surface area contributed by atoms with Crippen LogP contribution in [0.15, 0.2) is 146 Å². The molecule has 0 saturated heterocycles. The van der Waals surface area contributed by atoms with Crippen molar-refractivity contribution in [3.05, 3.63) is 186 Å². The number of aromatic nitrogens is 3. The Labute approximate surface area is 349 Å². The Morgan fingerprint density at radius 3 is 2.12 bits per heavy atom. The van der Waals surface area contributed by atoms with E-state index in [0.717, 1.165) is 72.4 Å². The minimum atomic E-state index is -0.156. The van der Waals surface area contributed by atoms with Gasteiger partial charge in [0.2, 0.25) is 6.71 Å². The molecule has 10 rings (SSSR count). The van der Waals surface area contributed by atoms with Crippen molar-refractivity contribution in [2.24, 2.45) is 0 Å². The summed E-state index contributed by atoms with van der Waals surface area (Å²) < 4.78 is 2.33. The molecule has 0 bridgehead atoms. The second kappa shape index (κ2) is 14.5. The molecule has 4 nitrogen and oxygen atoms in total.